The first-order valence-electron chi connectivity index (χ1n) is 6.99. The number of piperidine rings is 1. The number of hydrogen-bond donors (Lipinski definition) is 2. The molecule has 1 aromatic rings. The highest BCUT2D eigenvalue weighted by molar-refractivity contribution is 9.10. The van der Waals surface area contributed by atoms with Crippen molar-refractivity contribution < 1.29 is 9.90 Å². The molecule has 1 amide bonds. The van der Waals surface area contributed by atoms with Crippen LogP contribution in [0.15, 0.2) is 28.7 Å². The standard InChI is InChI=1S/C15H21BrN2O2/c16-13-3-1-12(2-4-13)14(19)10-18-7-5-11(6-8-18)9-15(17)20/h1-4,11,14,19H,5-10H2,(H2,17,20)/t14-/m1/s1. The third-order valence-electron chi connectivity index (χ3n) is 3.88. The van der Waals surface area contributed by atoms with Gasteiger partial charge < -0.3 is 15.7 Å². The van der Waals surface area contributed by atoms with Crippen LogP contribution in [0.1, 0.15) is 30.9 Å². The molecule has 0 saturated carbocycles. The van der Waals surface area contributed by atoms with E-state index in [2.05, 4.69) is 20.8 Å². The van der Waals surface area contributed by atoms with Gasteiger partial charge in [-0.25, -0.2) is 0 Å². The van der Waals surface area contributed by atoms with Crippen molar-refractivity contribution >= 4 is 21.8 Å². The molecule has 2 rings (SSSR count). The van der Waals surface area contributed by atoms with Crippen LogP contribution in [0.25, 0.3) is 0 Å². The number of amides is 1. The Kier molecular flexibility index (Phi) is 5.57. The number of carbonyl (C=O) groups excluding carboxylic acids is 1. The minimum Gasteiger partial charge on any atom is -0.387 e. The molecule has 1 saturated heterocycles. The summed E-state index contributed by atoms with van der Waals surface area (Å²) in [6.45, 7) is 2.49. The fraction of sp³-hybridized carbons (Fsp3) is 0.533. The molecule has 4 nitrogen and oxygen atoms in total. The molecule has 5 heteroatoms. The van der Waals surface area contributed by atoms with Crippen molar-refractivity contribution in [2.24, 2.45) is 11.7 Å². The van der Waals surface area contributed by atoms with E-state index in [1.807, 2.05) is 24.3 Å². The first kappa shape index (κ1) is 15.5. The van der Waals surface area contributed by atoms with Crippen molar-refractivity contribution in [3.05, 3.63) is 34.3 Å². The highest BCUT2D eigenvalue weighted by atomic mass is 79.9. The van der Waals surface area contributed by atoms with Crippen LogP contribution in [-0.2, 0) is 4.79 Å². The summed E-state index contributed by atoms with van der Waals surface area (Å²) in [6.07, 6.45) is 1.99. The molecule has 1 fully saturated rings. The van der Waals surface area contributed by atoms with Crippen molar-refractivity contribution in [2.75, 3.05) is 19.6 Å². The molecule has 0 spiro atoms. The summed E-state index contributed by atoms with van der Waals surface area (Å²) in [4.78, 5) is 13.2. The average Bonchev–Trinajstić information content (AvgIpc) is 2.41. The monoisotopic (exact) mass is 340 g/mol. The van der Waals surface area contributed by atoms with Gasteiger partial charge in [0.1, 0.15) is 0 Å². The SMILES string of the molecule is NC(=O)CC1CCN(C[C@@H](O)c2ccc(Br)cc2)CC1. The zero-order valence-electron chi connectivity index (χ0n) is 11.5. The summed E-state index contributed by atoms with van der Waals surface area (Å²) < 4.78 is 1.01. The van der Waals surface area contributed by atoms with E-state index in [-0.39, 0.29) is 5.91 Å². The predicted octanol–water partition coefficient (Wildman–Crippen LogP) is 2.07. The lowest BCUT2D eigenvalue weighted by atomic mass is 9.93. The number of nitrogens with two attached hydrogens (primary N) is 1. The lowest BCUT2D eigenvalue weighted by Crippen LogP contribution is -2.37. The number of β-amino-alcohol motifs (C(OH)–C–C–N with tert-alkyl or cyclic N) is 1. The largest absolute Gasteiger partial charge is 0.387 e. The molecule has 1 aromatic carbocycles. The first-order valence-corrected chi connectivity index (χ1v) is 7.78. The van der Waals surface area contributed by atoms with Crippen LogP contribution in [0.4, 0.5) is 0 Å². The van der Waals surface area contributed by atoms with Crippen LogP contribution in [0, 0.1) is 5.92 Å². The predicted molar refractivity (Wildman–Crippen MR) is 82.1 cm³/mol. The van der Waals surface area contributed by atoms with Crippen LogP contribution >= 0.6 is 15.9 Å². The molecule has 110 valence electrons. The molecule has 3 N–H and O–H groups in total. The molecule has 0 aliphatic carbocycles. The third kappa shape index (κ3) is 4.58. The van der Waals surface area contributed by atoms with Crippen molar-refractivity contribution in [3.63, 3.8) is 0 Å². The first-order chi connectivity index (χ1) is 9.54. The molecule has 20 heavy (non-hydrogen) atoms. The van der Waals surface area contributed by atoms with Crippen LogP contribution in [0.5, 0.6) is 0 Å². The lowest BCUT2D eigenvalue weighted by molar-refractivity contribution is -0.119. The molecule has 1 atom stereocenters. The Bertz CT molecular complexity index is 442. The molecule has 0 radical (unpaired) electrons. The summed E-state index contributed by atoms with van der Waals surface area (Å²) in [7, 11) is 0. The van der Waals surface area contributed by atoms with Gasteiger partial charge in [-0.15, -0.1) is 0 Å². The maximum atomic E-state index is 10.9. The molecule has 1 aliphatic heterocycles. The van der Waals surface area contributed by atoms with E-state index in [4.69, 9.17) is 5.73 Å². The zero-order valence-corrected chi connectivity index (χ0v) is 13.1. The maximum Gasteiger partial charge on any atom is 0.217 e. The van der Waals surface area contributed by atoms with E-state index in [1.165, 1.54) is 0 Å². The Morgan fingerprint density at radius 2 is 1.95 bits per heavy atom. The highest BCUT2D eigenvalue weighted by Gasteiger charge is 2.22. The second-order valence-corrected chi connectivity index (χ2v) is 6.40. The van der Waals surface area contributed by atoms with Crippen molar-refractivity contribution in [3.8, 4) is 0 Å². The smallest absolute Gasteiger partial charge is 0.217 e. The summed E-state index contributed by atoms with van der Waals surface area (Å²) in [5, 5.41) is 10.2. The van der Waals surface area contributed by atoms with Gasteiger partial charge in [-0.2, -0.15) is 0 Å². The van der Waals surface area contributed by atoms with E-state index in [9.17, 15) is 9.90 Å². The summed E-state index contributed by atoms with van der Waals surface area (Å²) in [6, 6.07) is 7.76. The van der Waals surface area contributed by atoms with Gasteiger partial charge in [-0.1, -0.05) is 28.1 Å². The highest BCUT2D eigenvalue weighted by Crippen LogP contribution is 2.23. The van der Waals surface area contributed by atoms with E-state index >= 15 is 0 Å². The number of nitrogens with zero attached hydrogens (tertiary/aromatic N) is 1. The van der Waals surface area contributed by atoms with E-state index in [0.717, 1.165) is 36.0 Å². The zero-order chi connectivity index (χ0) is 14.5. The average molecular weight is 341 g/mol. The number of rotatable bonds is 5. The number of benzene rings is 1. The number of aliphatic hydroxyl groups is 1. The van der Waals surface area contributed by atoms with Crippen LogP contribution in [0.3, 0.4) is 0 Å². The van der Waals surface area contributed by atoms with Gasteiger partial charge in [0, 0.05) is 17.4 Å². The van der Waals surface area contributed by atoms with Crippen LogP contribution in [0.2, 0.25) is 0 Å². The summed E-state index contributed by atoms with van der Waals surface area (Å²) in [5.74, 6) is 0.201. The van der Waals surface area contributed by atoms with Gasteiger partial charge in [0.15, 0.2) is 0 Å². The van der Waals surface area contributed by atoms with Crippen molar-refractivity contribution in [1.29, 1.82) is 0 Å². The van der Waals surface area contributed by atoms with Crippen molar-refractivity contribution in [2.45, 2.75) is 25.4 Å². The molecule has 0 unspecified atom stereocenters. The third-order valence-corrected chi connectivity index (χ3v) is 4.41. The number of carbonyl (C=O) groups is 1. The maximum absolute atomic E-state index is 10.9. The Balaban J connectivity index is 1.80. The fourth-order valence-electron chi connectivity index (χ4n) is 2.69. The van der Waals surface area contributed by atoms with Crippen LogP contribution < -0.4 is 5.73 Å². The molecule has 0 bridgehead atoms. The molecule has 1 heterocycles. The quantitative estimate of drug-likeness (QED) is 0.862. The minimum absolute atomic E-state index is 0.210. The summed E-state index contributed by atoms with van der Waals surface area (Å²) in [5.41, 5.74) is 6.17. The Labute approximate surface area is 128 Å². The molecular formula is C15H21BrN2O2. The fourth-order valence-corrected chi connectivity index (χ4v) is 2.96. The van der Waals surface area contributed by atoms with Gasteiger partial charge in [0.25, 0.3) is 0 Å². The number of hydrogen-bond acceptors (Lipinski definition) is 3. The normalized spacial score (nSPS) is 18.9. The van der Waals surface area contributed by atoms with E-state index < -0.39 is 6.10 Å². The Morgan fingerprint density at radius 1 is 1.35 bits per heavy atom. The van der Waals surface area contributed by atoms with Gasteiger partial charge >= 0.3 is 0 Å². The number of halogens is 1. The van der Waals surface area contributed by atoms with Gasteiger partial charge in [-0.05, 0) is 49.5 Å². The minimum atomic E-state index is -0.462. The summed E-state index contributed by atoms with van der Waals surface area (Å²) >= 11 is 3.39. The van der Waals surface area contributed by atoms with Gasteiger partial charge in [-0.3, -0.25) is 4.79 Å². The van der Waals surface area contributed by atoms with Gasteiger partial charge in [0.2, 0.25) is 5.91 Å². The van der Waals surface area contributed by atoms with E-state index in [0.29, 0.717) is 18.9 Å². The number of primary amides is 1. The molecule has 1 aliphatic rings. The van der Waals surface area contributed by atoms with Crippen LogP contribution in [-0.4, -0.2) is 35.5 Å². The molecule has 0 aromatic heterocycles. The lowest BCUT2D eigenvalue weighted by Gasteiger charge is -2.32. The topological polar surface area (TPSA) is 66.6 Å². The Morgan fingerprint density at radius 3 is 2.50 bits per heavy atom. The second-order valence-electron chi connectivity index (χ2n) is 5.48. The Hall–Kier alpha value is -0.910. The van der Waals surface area contributed by atoms with E-state index in [1.54, 1.807) is 0 Å². The second kappa shape index (κ2) is 7.20. The van der Waals surface area contributed by atoms with Crippen molar-refractivity contribution in [1.82, 2.24) is 4.90 Å². The molecular weight excluding hydrogens is 320 g/mol. The number of aliphatic hydroxyl groups excluding tert-OH is 1. The van der Waals surface area contributed by atoms with Gasteiger partial charge in [0.05, 0.1) is 6.10 Å². The number of likely N-dealkylation sites (tertiary alicyclic amines) is 1.